The molecule has 0 aliphatic rings. The summed E-state index contributed by atoms with van der Waals surface area (Å²) in [4.78, 5) is 12.0. The van der Waals surface area contributed by atoms with Crippen LogP contribution in [0.25, 0.3) is 5.69 Å². The summed E-state index contributed by atoms with van der Waals surface area (Å²) in [5.74, 6) is -0.368. The van der Waals surface area contributed by atoms with Crippen LogP contribution in [0.15, 0.2) is 35.3 Å². The molecule has 17 heavy (non-hydrogen) atoms. The zero-order valence-electron chi connectivity index (χ0n) is 9.32. The Labute approximate surface area is 97.9 Å². The summed E-state index contributed by atoms with van der Waals surface area (Å²) < 4.78 is 14.4. The van der Waals surface area contributed by atoms with Crippen LogP contribution in [0.1, 0.15) is 12.0 Å². The van der Waals surface area contributed by atoms with Gasteiger partial charge in [0, 0.05) is 11.8 Å². The lowest BCUT2D eigenvalue weighted by Crippen LogP contribution is -2.18. The molecular weight excluding hydrogens is 221 g/mol. The quantitative estimate of drug-likeness (QED) is 0.836. The van der Waals surface area contributed by atoms with Crippen LogP contribution in [0.3, 0.4) is 0 Å². The molecule has 1 aromatic heterocycles. The van der Waals surface area contributed by atoms with E-state index in [2.05, 4.69) is 5.10 Å². The molecule has 0 unspecified atom stereocenters. The van der Waals surface area contributed by atoms with Gasteiger partial charge < -0.3 is 5.73 Å². The Morgan fingerprint density at radius 1 is 1.41 bits per heavy atom. The van der Waals surface area contributed by atoms with E-state index in [1.54, 1.807) is 18.3 Å². The fourth-order valence-electron chi connectivity index (χ4n) is 1.69. The minimum atomic E-state index is -0.368. The van der Waals surface area contributed by atoms with Gasteiger partial charge in [0.2, 0.25) is 0 Å². The van der Waals surface area contributed by atoms with Crippen molar-refractivity contribution in [2.75, 3.05) is 6.54 Å². The lowest BCUT2D eigenvalue weighted by Gasteiger charge is -2.00. The number of aromatic nitrogens is 2. The molecule has 0 atom stereocenters. The lowest BCUT2D eigenvalue weighted by molar-refractivity contribution is 0.625. The molecule has 0 aliphatic carbocycles. The first kappa shape index (κ1) is 11.6. The van der Waals surface area contributed by atoms with Gasteiger partial charge in [-0.1, -0.05) is 6.07 Å². The molecule has 1 heterocycles. The van der Waals surface area contributed by atoms with E-state index in [4.69, 9.17) is 5.73 Å². The van der Waals surface area contributed by atoms with Crippen molar-refractivity contribution in [1.82, 2.24) is 9.78 Å². The van der Waals surface area contributed by atoms with E-state index in [1.165, 1.54) is 16.8 Å². The Bertz CT molecular complexity index is 559. The molecule has 0 fully saturated rings. The maximum absolute atomic E-state index is 13.0. The molecule has 0 saturated carbocycles. The highest BCUT2D eigenvalue weighted by atomic mass is 19.1. The number of hydrogen-bond acceptors (Lipinski definition) is 2. The predicted octanol–water partition coefficient (Wildman–Crippen LogP) is 1.20. The van der Waals surface area contributed by atoms with Gasteiger partial charge in [0.05, 0.1) is 5.69 Å². The maximum Gasteiger partial charge on any atom is 0.274 e. The minimum Gasteiger partial charge on any atom is -0.330 e. The van der Waals surface area contributed by atoms with E-state index in [1.807, 2.05) is 0 Å². The normalized spacial score (nSPS) is 10.7. The number of rotatable bonds is 4. The second-order valence-electron chi connectivity index (χ2n) is 3.81. The second-order valence-corrected chi connectivity index (χ2v) is 3.81. The SMILES string of the molecule is NCCCc1c[nH]n(-c2cccc(F)c2)c1=O. The summed E-state index contributed by atoms with van der Waals surface area (Å²) in [6.45, 7) is 0.546. The highest BCUT2D eigenvalue weighted by Gasteiger charge is 2.07. The van der Waals surface area contributed by atoms with Crippen molar-refractivity contribution in [3.63, 3.8) is 0 Å². The topological polar surface area (TPSA) is 63.8 Å². The zero-order chi connectivity index (χ0) is 12.3. The highest BCUT2D eigenvalue weighted by molar-refractivity contribution is 5.31. The number of hydrogen-bond donors (Lipinski definition) is 2. The molecule has 2 aromatic rings. The first-order chi connectivity index (χ1) is 8.22. The van der Waals surface area contributed by atoms with E-state index >= 15 is 0 Å². The smallest absolute Gasteiger partial charge is 0.274 e. The molecule has 3 N–H and O–H groups in total. The third-order valence-electron chi connectivity index (χ3n) is 2.56. The molecule has 4 nitrogen and oxygen atoms in total. The number of nitrogens with one attached hydrogen (secondary N) is 1. The third-order valence-corrected chi connectivity index (χ3v) is 2.56. The van der Waals surface area contributed by atoms with Crippen molar-refractivity contribution in [3.05, 3.63) is 52.2 Å². The van der Waals surface area contributed by atoms with Gasteiger partial charge in [-0.2, -0.15) is 0 Å². The van der Waals surface area contributed by atoms with Crippen LogP contribution in [0.2, 0.25) is 0 Å². The Hall–Kier alpha value is -1.88. The fourth-order valence-corrected chi connectivity index (χ4v) is 1.69. The van der Waals surface area contributed by atoms with Crippen LogP contribution in [0, 0.1) is 5.82 Å². The van der Waals surface area contributed by atoms with Gasteiger partial charge in [-0.3, -0.25) is 9.89 Å². The Balaban J connectivity index is 2.34. The maximum atomic E-state index is 13.0. The van der Waals surface area contributed by atoms with Gasteiger partial charge in [-0.15, -0.1) is 0 Å². The number of aryl methyl sites for hydroxylation is 1. The van der Waals surface area contributed by atoms with Gasteiger partial charge in [0.15, 0.2) is 0 Å². The van der Waals surface area contributed by atoms with E-state index in [-0.39, 0.29) is 11.4 Å². The van der Waals surface area contributed by atoms with Gasteiger partial charge in [0.25, 0.3) is 5.56 Å². The summed E-state index contributed by atoms with van der Waals surface area (Å²) in [6, 6.07) is 5.89. The number of aromatic amines is 1. The Morgan fingerprint density at radius 2 is 2.24 bits per heavy atom. The summed E-state index contributed by atoms with van der Waals surface area (Å²) in [5.41, 5.74) is 6.41. The molecule has 5 heteroatoms. The standard InChI is InChI=1S/C12H14FN3O/c13-10-4-1-5-11(7-10)16-12(17)9(8-15-16)3-2-6-14/h1,4-5,7-8,15H,2-3,6,14H2. The zero-order valence-corrected chi connectivity index (χ0v) is 9.32. The lowest BCUT2D eigenvalue weighted by atomic mass is 10.2. The molecule has 0 aliphatic heterocycles. The molecule has 0 bridgehead atoms. The van der Waals surface area contributed by atoms with E-state index in [0.717, 1.165) is 6.42 Å². The van der Waals surface area contributed by atoms with E-state index in [9.17, 15) is 9.18 Å². The van der Waals surface area contributed by atoms with E-state index < -0.39 is 0 Å². The molecule has 0 saturated heterocycles. The van der Waals surface area contributed by atoms with Crippen LogP contribution in [0.5, 0.6) is 0 Å². The number of H-pyrrole nitrogens is 1. The van der Waals surface area contributed by atoms with Crippen molar-refractivity contribution in [1.29, 1.82) is 0 Å². The van der Waals surface area contributed by atoms with Crippen molar-refractivity contribution < 1.29 is 4.39 Å². The average Bonchev–Trinajstić information content (AvgIpc) is 2.68. The average molecular weight is 235 g/mol. The first-order valence-corrected chi connectivity index (χ1v) is 5.47. The molecule has 0 spiro atoms. The van der Waals surface area contributed by atoms with Crippen LogP contribution >= 0.6 is 0 Å². The monoisotopic (exact) mass is 235 g/mol. The highest BCUT2D eigenvalue weighted by Crippen LogP contribution is 2.07. The van der Waals surface area contributed by atoms with Gasteiger partial charge in [-0.05, 0) is 37.6 Å². The molecule has 1 aromatic carbocycles. The second kappa shape index (κ2) is 4.97. The summed E-state index contributed by atoms with van der Waals surface area (Å²) in [5, 5.41) is 2.82. The Kier molecular flexibility index (Phi) is 3.39. The van der Waals surface area contributed by atoms with Gasteiger partial charge in [0.1, 0.15) is 5.82 Å². The molecule has 0 radical (unpaired) electrons. The molecule has 2 rings (SSSR count). The van der Waals surface area contributed by atoms with Gasteiger partial charge >= 0.3 is 0 Å². The molecule has 0 amide bonds. The van der Waals surface area contributed by atoms with Crippen LogP contribution in [-0.2, 0) is 6.42 Å². The number of halogens is 1. The Morgan fingerprint density at radius 3 is 2.94 bits per heavy atom. The summed E-state index contributed by atoms with van der Waals surface area (Å²) >= 11 is 0. The predicted molar refractivity (Wildman–Crippen MR) is 63.7 cm³/mol. The van der Waals surface area contributed by atoms with Crippen LogP contribution in [-0.4, -0.2) is 16.3 Å². The molecular formula is C12H14FN3O. The van der Waals surface area contributed by atoms with Crippen molar-refractivity contribution in [3.8, 4) is 5.69 Å². The first-order valence-electron chi connectivity index (χ1n) is 5.47. The van der Waals surface area contributed by atoms with Crippen LogP contribution in [0.4, 0.5) is 4.39 Å². The van der Waals surface area contributed by atoms with Gasteiger partial charge in [-0.25, -0.2) is 9.07 Å². The van der Waals surface area contributed by atoms with Crippen LogP contribution < -0.4 is 11.3 Å². The summed E-state index contributed by atoms with van der Waals surface area (Å²) in [6.07, 6.45) is 3.04. The van der Waals surface area contributed by atoms with Crippen molar-refractivity contribution in [2.45, 2.75) is 12.8 Å². The minimum absolute atomic E-state index is 0.149. The number of nitrogens with zero attached hydrogens (tertiary/aromatic N) is 1. The van der Waals surface area contributed by atoms with Crippen molar-refractivity contribution >= 4 is 0 Å². The number of nitrogens with two attached hydrogens (primary N) is 1. The molecule has 90 valence electrons. The summed E-state index contributed by atoms with van der Waals surface area (Å²) in [7, 11) is 0. The fraction of sp³-hybridized carbons (Fsp3) is 0.250. The van der Waals surface area contributed by atoms with Crippen molar-refractivity contribution in [2.24, 2.45) is 5.73 Å². The number of benzene rings is 1. The third kappa shape index (κ3) is 2.45. The largest absolute Gasteiger partial charge is 0.330 e. The van der Waals surface area contributed by atoms with E-state index in [0.29, 0.717) is 24.2 Å².